The zero-order valence-electron chi connectivity index (χ0n) is 10.2. The van der Waals surface area contributed by atoms with Crippen LogP contribution in [0.4, 0.5) is 4.79 Å². The largest absolute Gasteiger partial charge is 0.344 e. The summed E-state index contributed by atoms with van der Waals surface area (Å²) in [6, 6.07) is 8.46. The molecule has 0 heterocycles. The van der Waals surface area contributed by atoms with Gasteiger partial charge in [0.05, 0.1) is 0 Å². The molecule has 0 bridgehead atoms. The van der Waals surface area contributed by atoms with Gasteiger partial charge in [0, 0.05) is 10.9 Å². The molecule has 0 radical (unpaired) electrons. The van der Waals surface area contributed by atoms with Crippen molar-refractivity contribution in [2.24, 2.45) is 0 Å². The Labute approximate surface area is 107 Å². The van der Waals surface area contributed by atoms with Crippen LogP contribution in [0.2, 0.25) is 0 Å². The van der Waals surface area contributed by atoms with E-state index in [4.69, 9.17) is 0 Å². The second-order valence-corrected chi connectivity index (χ2v) is 5.73. The minimum Gasteiger partial charge on any atom is -0.344 e. The van der Waals surface area contributed by atoms with Crippen LogP contribution in [0.5, 0.6) is 0 Å². The molecule has 0 unspecified atom stereocenters. The highest BCUT2D eigenvalue weighted by Crippen LogP contribution is 2.22. The van der Waals surface area contributed by atoms with Crippen LogP contribution in [0.1, 0.15) is 37.7 Å². The third-order valence-corrected chi connectivity index (χ3v) is 3.92. The highest BCUT2D eigenvalue weighted by molar-refractivity contribution is 8.13. The van der Waals surface area contributed by atoms with Gasteiger partial charge in [-0.2, -0.15) is 0 Å². The Morgan fingerprint density at radius 2 is 2.06 bits per heavy atom. The predicted octanol–water partition coefficient (Wildman–Crippen LogP) is 4.13. The summed E-state index contributed by atoms with van der Waals surface area (Å²) < 4.78 is 0. The number of benzene rings is 1. The lowest BCUT2D eigenvalue weighted by Crippen LogP contribution is -2.33. The molecule has 1 amide bonds. The number of hydrogen-bond donors (Lipinski definition) is 1. The van der Waals surface area contributed by atoms with Gasteiger partial charge in [-0.25, -0.2) is 0 Å². The van der Waals surface area contributed by atoms with Crippen LogP contribution in [0, 0.1) is 6.92 Å². The normalized spacial score (nSPS) is 16.8. The Morgan fingerprint density at radius 3 is 2.76 bits per heavy atom. The third kappa shape index (κ3) is 4.08. The van der Waals surface area contributed by atoms with E-state index in [2.05, 4.69) is 5.32 Å². The summed E-state index contributed by atoms with van der Waals surface area (Å²) in [7, 11) is 0. The number of carbonyl (C=O) groups is 1. The number of rotatable bonds is 2. The Hall–Kier alpha value is -0.960. The highest BCUT2D eigenvalue weighted by atomic mass is 32.2. The standard InChI is InChI=1S/C14H19NOS/c1-11-6-5-9-13(10-11)17-14(16)15-12-7-3-2-4-8-12/h5-6,9-10,12H,2-4,7-8H2,1H3,(H,15,16). The fourth-order valence-electron chi connectivity index (χ4n) is 2.23. The fourth-order valence-corrected chi connectivity index (χ4v) is 3.06. The molecular weight excluding hydrogens is 230 g/mol. The summed E-state index contributed by atoms with van der Waals surface area (Å²) in [5.41, 5.74) is 1.19. The van der Waals surface area contributed by atoms with Crippen LogP contribution in [-0.2, 0) is 0 Å². The summed E-state index contributed by atoms with van der Waals surface area (Å²) in [5, 5.41) is 3.20. The summed E-state index contributed by atoms with van der Waals surface area (Å²) in [6.07, 6.45) is 6.09. The van der Waals surface area contributed by atoms with E-state index in [1.54, 1.807) is 0 Å². The quantitative estimate of drug-likeness (QED) is 0.798. The van der Waals surface area contributed by atoms with Gasteiger partial charge in [-0.1, -0.05) is 37.0 Å². The zero-order chi connectivity index (χ0) is 12.1. The van der Waals surface area contributed by atoms with Crippen molar-refractivity contribution in [1.82, 2.24) is 5.32 Å². The van der Waals surface area contributed by atoms with Crippen molar-refractivity contribution in [1.29, 1.82) is 0 Å². The SMILES string of the molecule is Cc1cccc(SC(=O)NC2CCCCC2)c1. The Morgan fingerprint density at radius 1 is 1.29 bits per heavy atom. The van der Waals surface area contributed by atoms with Crippen LogP contribution >= 0.6 is 11.8 Å². The molecule has 3 heteroatoms. The van der Waals surface area contributed by atoms with E-state index in [-0.39, 0.29) is 5.24 Å². The molecule has 92 valence electrons. The number of amides is 1. The monoisotopic (exact) mass is 249 g/mol. The summed E-state index contributed by atoms with van der Waals surface area (Å²) >= 11 is 1.30. The average Bonchev–Trinajstić information content (AvgIpc) is 2.30. The van der Waals surface area contributed by atoms with Crippen molar-refractivity contribution < 1.29 is 4.79 Å². The van der Waals surface area contributed by atoms with Gasteiger partial charge in [0.1, 0.15) is 0 Å². The summed E-state index contributed by atoms with van der Waals surface area (Å²) in [6.45, 7) is 2.04. The van der Waals surface area contributed by atoms with Gasteiger partial charge < -0.3 is 5.32 Å². The van der Waals surface area contributed by atoms with Gasteiger partial charge in [-0.15, -0.1) is 0 Å². The molecule has 1 aliphatic rings. The number of nitrogens with one attached hydrogen (secondary N) is 1. The first-order valence-corrected chi connectivity index (χ1v) is 7.11. The van der Waals surface area contributed by atoms with Crippen molar-refractivity contribution in [3.8, 4) is 0 Å². The van der Waals surface area contributed by atoms with Crippen LogP contribution in [-0.4, -0.2) is 11.3 Å². The van der Waals surface area contributed by atoms with E-state index in [1.165, 1.54) is 36.6 Å². The van der Waals surface area contributed by atoms with Gasteiger partial charge in [0.2, 0.25) is 0 Å². The maximum absolute atomic E-state index is 11.8. The molecule has 0 atom stereocenters. The van der Waals surface area contributed by atoms with E-state index >= 15 is 0 Å². The summed E-state index contributed by atoms with van der Waals surface area (Å²) in [4.78, 5) is 12.9. The molecule has 1 aliphatic carbocycles. The molecule has 0 saturated heterocycles. The van der Waals surface area contributed by atoms with Gasteiger partial charge in [-0.3, -0.25) is 4.79 Å². The molecule has 1 fully saturated rings. The highest BCUT2D eigenvalue weighted by Gasteiger charge is 2.16. The van der Waals surface area contributed by atoms with Crippen molar-refractivity contribution in [3.05, 3.63) is 29.8 Å². The molecule has 1 saturated carbocycles. The van der Waals surface area contributed by atoms with Crippen LogP contribution in [0.25, 0.3) is 0 Å². The predicted molar refractivity (Wildman–Crippen MR) is 72.4 cm³/mol. The van der Waals surface area contributed by atoms with Crippen LogP contribution in [0.15, 0.2) is 29.2 Å². The first kappa shape index (κ1) is 12.5. The van der Waals surface area contributed by atoms with E-state index < -0.39 is 0 Å². The molecule has 1 aromatic rings. The molecule has 0 aliphatic heterocycles. The molecule has 2 nitrogen and oxygen atoms in total. The molecule has 0 spiro atoms. The Balaban J connectivity index is 1.84. The second kappa shape index (κ2) is 6.10. The fraction of sp³-hybridized carbons (Fsp3) is 0.500. The molecule has 2 rings (SSSR count). The minimum absolute atomic E-state index is 0.0856. The molecule has 1 N–H and O–H groups in total. The number of hydrogen-bond acceptors (Lipinski definition) is 2. The van der Waals surface area contributed by atoms with Gasteiger partial charge in [0.25, 0.3) is 5.24 Å². The average molecular weight is 249 g/mol. The first-order valence-electron chi connectivity index (χ1n) is 6.29. The molecular formula is C14H19NOS. The van der Waals surface area contributed by atoms with Gasteiger partial charge in [-0.05, 0) is 43.7 Å². The molecule has 1 aromatic carbocycles. The maximum atomic E-state index is 11.8. The lowest BCUT2D eigenvalue weighted by atomic mass is 9.96. The molecule has 17 heavy (non-hydrogen) atoms. The molecule has 0 aromatic heterocycles. The maximum Gasteiger partial charge on any atom is 0.284 e. The Bertz CT molecular complexity index is 386. The van der Waals surface area contributed by atoms with Crippen LogP contribution in [0.3, 0.4) is 0 Å². The van der Waals surface area contributed by atoms with E-state index in [9.17, 15) is 4.79 Å². The van der Waals surface area contributed by atoms with E-state index in [1.807, 2.05) is 31.2 Å². The Kier molecular flexibility index (Phi) is 4.49. The van der Waals surface area contributed by atoms with E-state index in [0.29, 0.717) is 6.04 Å². The number of aryl methyl sites for hydroxylation is 1. The smallest absolute Gasteiger partial charge is 0.284 e. The lowest BCUT2D eigenvalue weighted by molar-refractivity contribution is 0.253. The van der Waals surface area contributed by atoms with Crippen molar-refractivity contribution in [2.45, 2.75) is 50.0 Å². The number of carbonyl (C=O) groups excluding carboxylic acids is 1. The van der Waals surface area contributed by atoms with Crippen molar-refractivity contribution >= 4 is 17.0 Å². The lowest BCUT2D eigenvalue weighted by Gasteiger charge is -2.22. The topological polar surface area (TPSA) is 29.1 Å². The number of thioether (sulfide) groups is 1. The first-order chi connectivity index (χ1) is 8.24. The third-order valence-electron chi connectivity index (χ3n) is 3.13. The van der Waals surface area contributed by atoms with Crippen molar-refractivity contribution in [2.75, 3.05) is 0 Å². The zero-order valence-corrected chi connectivity index (χ0v) is 11.1. The minimum atomic E-state index is 0.0856. The van der Waals surface area contributed by atoms with E-state index in [0.717, 1.165) is 17.7 Å². The van der Waals surface area contributed by atoms with Gasteiger partial charge in [0.15, 0.2) is 0 Å². The van der Waals surface area contributed by atoms with Gasteiger partial charge >= 0.3 is 0 Å². The van der Waals surface area contributed by atoms with Crippen molar-refractivity contribution in [3.63, 3.8) is 0 Å². The second-order valence-electron chi connectivity index (χ2n) is 4.69. The van der Waals surface area contributed by atoms with Crippen LogP contribution < -0.4 is 5.32 Å². The summed E-state index contributed by atoms with van der Waals surface area (Å²) in [5.74, 6) is 0.